The first kappa shape index (κ1) is 14.0. The fourth-order valence-corrected chi connectivity index (χ4v) is 2.35. The molecule has 1 heterocycles. The Morgan fingerprint density at radius 3 is 2.53 bits per heavy atom. The van der Waals surface area contributed by atoms with Gasteiger partial charge in [0.05, 0.1) is 0 Å². The maximum absolute atomic E-state index is 12.8. The van der Waals surface area contributed by atoms with Crippen LogP contribution in [-0.2, 0) is 0 Å². The van der Waals surface area contributed by atoms with E-state index in [2.05, 4.69) is 10.2 Å². The lowest BCUT2D eigenvalue weighted by atomic mass is 10.0. The summed E-state index contributed by atoms with van der Waals surface area (Å²) in [7, 11) is 0. The number of piperidine rings is 1. The van der Waals surface area contributed by atoms with Crippen LogP contribution in [0, 0.1) is 5.82 Å². The van der Waals surface area contributed by atoms with Crippen molar-refractivity contribution in [2.45, 2.75) is 18.9 Å². The lowest BCUT2D eigenvalue weighted by molar-refractivity contribution is 0.0912. The standard InChI is InChI=1S/C14H20FN3O/c15-12-3-1-11(2-4-12)14(19)17-13-5-8-18(9-6-13)10-7-16/h1-4,13H,5-10,16H2,(H,17,19). The molecule has 2 rings (SSSR count). The van der Waals surface area contributed by atoms with Gasteiger partial charge in [-0.1, -0.05) is 0 Å². The quantitative estimate of drug-likeness (QED) is 0.853. The maximum Gasteiger partial charge on any atom is 0.251 e. The van der Waals surface area contributed by atoms with Crippen LogP contribution in [0.15, 0.2) is 24.3 Å². The molecule has 1 aliphatic heterocycles. The molecule has 0 unspecified atom stereocenters. The first-order valence-electron chi connectivity index (χ1n) is 6.68. The van der Waals surface area contributed by atoms with Crippen molar-refractivity contribution >= 4 is 5.91 Å². The molecule has 104 valence electrons. The molecule has 1 aromatic rings. The Bertz CT molecular complexity index is 413. The van der Waals surface area contributed by atoms with Gasteiger partial charge in [0, 0.05) is 37.8 Å². The molecule has 1 aromatic carbocycles. The zero-order valence-corrected chi connectivity index (χ0v) is 10.9. The molecule has 0 aliphatic carbocycles. The average Bonchev–Trinajstić information content (AvgIpc) is 2.42. The monoisotopic (exact) mass is 265 g/mol. The van der Waals surface area contributed by atoms with E-state index in [1.807, 2.05) is 0 Å². The third kappa shape index (κ3) is 4.01. The highest BCUT2D eigenvalue weighted by Crippen LogP contribution is 2.11. The van der Waals surface area contributed by atoms with E-state index in [0.29, 0.717) is 12.1 Å². The molecule has 0 spiro atoms. The van der Waals surface area contributed by atoms with Gasteiger partial charge in [0.1, 0.15) is 5.82 Å². The van der Waals surface area contributed by atoms with Gasteiger partial charge in [0.25, 0.3) is 5.91 Å². The van der Waals surface area contributed by atoms with Gasteiger partial charge in [0.15, 0.2) is 0 Å². The summed E-state index contributed by atoms with van der Waals surface area (Å²) in [5.74, 6) is -0.455. The van der Waals surface area contributed by atoms with Crippen molar-refractivity contribution in [3.63, 3.8) is 0 Å². The van der Waals surface area contributed by atoms with Crippen LogP contribution < -0.4 is 11.1 Å². The minimum atomic E-state index is -0.327. The van der Waals surface area contributed by atoms with Gasteiger partial charge in [-0.15, -0.1) is 0 Å². The number of amides is 1. The van der Waals surface area contributed by atoms with E-state index >= 15 is 0 Å². The SMILES string of the molecule is NCCN1CCC(NC(=O)c2ccc(F)cc2)CC1. The Hall–Kier alpha value is -1.46. The third-order valence-electron chi connectivity index (χ3n) is 3.47. The molecule has 4 nitrogen and oxygen atoms in total. The van der Waals surface area contributed by atoms with Crippen molar-refractivity contribution < 1.29 is 9.18 Å². The molecular formula is C14H20FN3O. The smallest absolute Gasteiger partial charge is 0.251 e. The second-order valence-electron chi connectivity index (χ2n) is 4.88. The highest BCUT2D eigenvalue weighted by atomic mass is 19.1. The predicted octanol–water partition coefficient (Wildman–Crippen LogP) is 0.979. The number of benzene rings is 1. The minimum absolute atomic E-state index is 0.128. The summed E-state index contributed by atoms with van der Waals surface area (Å²) in [6.45, 7) is 3.52. The molecule has 1 saturated heterocycles. The number of halogens is 1. The number of hydrogen-bond donors (Lipinski definition) is 2. The van der Waals surface area contributed by atoms with E-state index in [0.717, 1.165) is 32.5 Å². The molecular weight excluding hydrogens is 245 g/mol. The van der Waals surface area contributed by atoms with Gasteiger partial charge >= 0.3 is 0 Å². The molecule has 1 amide bonds. The number of carbonyl (C=O) groups is 1. The number of hydrogen-bond acceptors (Lipinski definition) is 3. The van der Waals surface area contributed by atoms with Gasteiger partial charge in [0.2, 0.25) is 0 Å². The summed E-state index contributed by atoms with van der Waals surface area (Å²) < 4.78 is 12.8. The van der Waals surface area contributed by atoms with Crippen LogP contribution in [0.1, 0.15) is 23.2 Å². The third-order valence-corrected chi connectivity index (χ3v) is 3.47. The second kappa shape index (κ2) is 6.63. The van der Waals surface area contributed by atoms with E-state index in [4.69, 9.17) is 5.73 Å². The molecule has 0 radical (unpaired) electrons. The molecule has 1 fully saturated rings. The molecule has 3 N–H and O–H groups in total. The van der Waals surface area contributed by atoms with Crippen LogP contribution >= 0.6 is 0 Å². The van der Waals surface area contributed by atoms with Crippen LogP contribution in [0.4, 0.5) is 4.39 Å². The molecule has 5 heteroatoms. The zero-order valence-electron chi connectivity index (χ0n) is 10.9. The molecule has 0 bridgehead atoms. The van der Waals surface area contributed by atoms with Crippen LogP contribution in [-0.4, -0.2) is 43.0 Å². The fourth-order valence-electron chi connectivity index (χ4n) is 2.35. The summed E-state index contributed by atoms with van der Waals surface area (Å²) in [5, 5.41) is 3.00. The number of nitrogens with two attached hydrogens (primary N) is 1. The van der Waals surface area contributed by atoms with E-state index in [1.54, 1.807) is 0 Å². The summed E-state index contributed by atoms with van der Waals surface area (Å²) >= 11 is 0. The minimum Gasteiger partial charge on any atom is -0.349 e. The van der Waals surface area contributed by atoms with Crippen molar-refractivity contribution in [1.29, 1.82) is 0 Å². The number of carbonyl (C=O) groups excluding carboxylic acids is 1. The van der Waals surface area contributed by atoms with Crippen LogP contribution in [0.3, 0.4) is 0 Å². The summed E-state index contributed by atoms with van der Waals surface area (Å²) in [5.41, 5.74) is 6.03. The number of nitrogens with zero attached hydrogens (tertiary/aromatic N) is 1. The van der Waals surface area contributed by atoms with Gasteiger partial charge in [-0.2, -0.15) is 0 Å². The summed E-state index contributed by atoms with van der Waals surface area (Å²) in [4.78, 5) is 14.3. The Kier molecular flexibility index (Phi) is 4.87. The predicted molar refractivity (Wildman–Crippen MR) is 72.4 cm³/mol. The largest absolute Gasteiger partial charge is 0.349 e. The van der Waals surface area contributed by atoms with E-state index in [-0.39, 0.29) is 17.8 Å². The Morgan fingerprint density at radius 1 is 1.32 bits per heavy atom. The van der Waals surface area contributed by atoms with Gasteiger partial charge in [-0.05, 0) is 37.1 Å². The summed E-state index contributed by atoms with van der Waals surface area (Å²) in [6.07, 6.45) is 1.87. The Morgan fingerprint density at radius 2 is 1.95 bits per heavy atom. The number of nitrogens with one attached hydrogen (secondary N) is 1. The maximum atomic E-state index is 12.8. The van der Waals surface area contributed by atoms with Gasteiger partial charge in [-0.3, -0.25) is 4.79 Å². The molecule has 19 heavy (non-hydrogen) atoms. The van der Waals surface area contributed by atoms with Crippen molar-refractivity contribution in [3.05, 3.63) is 35.6 Å². The van der Waals surface area contributed by atoms with Crippen LogP contribution in [0.25, 0.3) is 0 Å². The summed E-state index contributed by atoms with van der Waals surface area (Å²) in [6, 6.07) is 5.83. The van der Waals surface area contributed by atoms with Crippen molar-refractivity contribution in [2.75, 3.05) is 26.2 Å². The van der Waals surface area contributed by atoms with Gasteiger partial charge in [-0.25, -0.2) is 4.39 Å². The average molecular weight is 265 g/mol. The topological polar surface area (TPSA) is 58.4 Å². The molecule has 0 aromatic heterocycles. The highest BCUT2D eigenvalue weighted by molar-refractivity contribution is 5.94. The second-order valence-corrected chi connectivity index (χ2v) is 4.88. The van der Waals surface area contributed by atoms with E-state index in [1.165, 1.54) is 24.3 Å². The first-order chi connectivity index (χ1) is 9.19. The first-order valence-corrected chi connectivity index (χ1v) is 6.68. The Balaban J connectivity index is 1.82. The van der Waals surface area contributed by atoms with E-state index < -0.39 is 0 Å². The Labute approximate surface area is 112 Å². The number of rotatable bonds is 4. The van der Waals surface area contributed by atoms with Crippen molar-refractivity contribution in [3.8, 4) is 0 Å². The van der Waals surface area contributed by atoms with Crippen LogP contribution in [0.5, 0.6) is 0 Å². The van der Waals surface area contributed by atoms with Crippen LogP contribution in [0.2, 0.25) is 0 Å². The molecule has 1 aliphatic rings. The normalized spacial score (nSPS) is 17.4. The van der Waals surface area contributed by atoms with Crippen molar-refractivity contribution in [1.82, 2.24) is 10.2 Å². The van der Waals surface area contributed by atoms with E-state index in [9.17, 15) is 9.18 Å². The highest BCUT2D eigenvalue weighted by Gasteiger charge is 2.20. The fraction of sp³-hybridized carbons (Fsp3) is 0.500. The lowest BCUT2D eigenvalue weighted by Gasteiger charge is -2.32. The van der Waals surface area contributed by atoms with Crippen molar-refractivity contribution in [2.24, 2.45) is 5.73 Å². The molecule has 0 atom stereocenters. The molecule has 0 saturated carbocycles. The van der Waals surface area contributed by atoms with Gasteiger partial charge < -0.3 is 16.0 Å². The lowest BCUT2D eigenvalue weighted by Crippen LogP contribution is -2.45. The number of likely N-dealkylation sites (tertiary alicyclic amines) is 1. The zero-order chi connectivity index (χ0) is 13.7.